The maximum absolute atomic E-state index is 12.4. The minimum absolute atomic E-state index is 0.0559. The predicted molar refractivity (Wildman–Crippen MR) is 102 cm³/mol. The minimum Gasteiger partial charge on any atom is -0.362 e. The number of anilines is 2. The molecule has 1 unspecified atom stereocenters. The number of hydrogen-bond acceptors (Lipinski definition) is 5. The largest absolute Gasteiger partial charge is 0.362 e. The molecule has 0 saturated carbocycles. The zero-order valence-electron chi connectivity index (χ0n) is 14.5. The van der Waals surface area contributed by atoms with Crippen LogP contribution in [0.4, 0.5) is 11.6 Å². The first-order valence-electron chi connectivity index (χ1n) is 8.19. The van der Waals surface area contributed by atoms with Crippen molar-refractivity contribution < 1.29 is 8.42 Å². The van der Waals surface area contributed by atoms with Gasteiger partial charge in [-0.05, 0) is 49.2 Å². The van der Waals surface area contributed by atoms with Gasteiger partial charge in [0.2, 0.25) is 0 Å². The zero-order valence-corrected chi connectivity index (χ0v) is 15.4. The average Bonchev–Trinajstić information content (AvgIpc) is 2.64. The fourth-order valence-electron chi connectivity index (χ4n) is 2.49. The summed E-state index contributed by atoms with van der Waals surface area (Å²) in [6.45, 7) is 3.86. The molecule has 7 heteroatoms. The molecule has 1 aromatic heterocycles. The highest BCUT2D eigenvalue weighted by molar-refractivity contribution is 7.92. The molecule has 0 saturated heterocycles. The normalized spacial score (nSPS) is 12.4. The number of nitrogens with zero attached hydrogens (tertiary/aromatic N) is 2. The van der Waals surface area contributed by atoms with Crippen molar-refractivity contribution in [1.82, 2.24) is 10.2 Å². The first-order valence-corrected chi connectivity index (χ1v) is 9.67. The SMILES string of the molecule is Cc1cccc(S(=O)(=O)Nc2ccc(NC(C)c3ccccc3)nn2)c1. The molecule has 1 atom stereocenters. The van der Waals surface area contributed by atoms with Crippen molar-refractivity contribution in [3.05, 3.63) is 77.9 Å². The van der Waals surface area contributed by atoms with E-state index in [-0.39, 0.29) is 16.8 Å². The lowest BCUT2D eigenvalue weighted by atomic mass is 10.1. The van der Waals surface area contributed by atoms with Gasteiger partial charge in [-0.25, -0.2) is 8.42 Å². The van der Waals surface area contributed by atoms with Crippen LogP contribution in [0.3, 0.4) is 0 Å². The minimum atomic E-state index is -3.69. The monoisotopic (exact) mass is 368 g/mol. The second kappa shape index (κ2) is 7.53. The first kappa shape index (κ1) is 17.9. The number of nitrogens with one attached hydrogen (secondary N) is 2. The summed E-state index contributed by atoms with van der Waals surface area (Å²) in [7, 11) is -3.69. The van der Waals surface area contributed by atoms with E-state index in [1.165, 1.54) is 0 Å². The molecule has 0 radical (unpaired) electrons. The third-order valence-electron chi connectivity index (χ3n) is 3.87. The molecular formula is C19H20N4O2S. The first-order chi connectivity index (χ1) is 12.4. The molecule has 3 rings (SSSR count). The van der Waals surface area contributed by atoms with E-state index in [0.29, 0.717) is 5.82 Å². The number of aryl methyl sites for hydroxylation is 1. The van der Waals surface area contributed by atoms with Gasteiger partial charge in [-0.3, -0.25) is 4.72 Å². The van der Waals surface area contributed by atoms with Gasteiger partial charge in [-0.2, -0.15) is 0 Å². The smallest absolute Gasteiger partial charge is 0.263 e. The number of benzene rings is 2. The van der Waals surface area contributed by atoms with Gasteiger partial charge < -0.3 is 5.32 Å². The van der Waals surface area contributed by atoms with E-state index in [1.54, 1.807) is 30.3 Å². The molecule has 0 aliphatic rings. The topological polar surface area (TPSA) is 84.0 Å². The van der Waals surface area contributed by atoms with Crippen molar-refractivity contribution in [3.63, 3.8) is 0 Å². The molecule has 6 nitrogen and oxygen atoms in total. The van der Waals surface area contributed by atoms with Gasteiger partial charge in [0.25, 0.3) is 10.0 Å². The molecular weight excluding hydrogens is 348 g/mol. The van der Waals surface area contributed by atoms with Crippen molar-refractivity contribution in [2.75, 3.05) is 10.0 Å². The Morgan fingerprint density at radius 1 is 0.885 bits per heavy atom. The Kier molecular flexibility index (Phi) is 5.18. The predicted octanol–water partition coefficient (Wildman–Crippen LogP) is 3.76. The van der Waals surface area contributed by atoms with E-state index in [1.807, 2.05) is 50.2 Å². The molecule has 0 aliphatic heterocycles. The van der Waals surface area contributed by atoms with Crippen molar-refractivity contribution in [2.24, 2.45) is 0 Å². The van der Waals surface area contributed by atoms with Crippen LogP contribution in [0, 0.1) is 6.92 Å². The van der Waals surface area contributed by atoms with Crippen LogP contribution in [0.15, 0.2) is 71.6 Å². The fraction of sp³-hybridized carbons (Fsp3) is 0.158. The Hall–Kier alpha value is -2.93. The Labute approximate surface area is 153 Å². The van der Waals surface area contributed by atoms with Crippen LogP contribution >= 0.6 is 0 Å². The third kappa shape index (κ3) is 4.37. The van der Waals surface area contributed by atoms with Gasteiger partial charge in [-0.15, -0.1) is 10.2 Å². The van der Waals surface area contributed by atoms with E-state index in [0.717, 1.165) is 11.1 Å². The van der Waals surface area contributed by atoms with E-state index >= 15 is 0 Å². The molecule has 3 aromatic rings. The number of aromatic nitrogens is 2. The molecule has 2 N–H and O–H groups in total. The van der Waals surface area contributed by atoms with Gasteiger partial charge in [0.05, 0.1) is 4.90 Å². The lowest BCUT2D eigenvalue weighted by Crippen LogP contribution is -2.15. The zero-order chi connectivity index (χ0) is 18.6. The number of sulfonamides is 1. The molecule has 134 valence electrons. The van der Waals surface area contributed by atoms with Crippen molar-refractivity contribution in [3.8, 4) is 0 Å². The second-order valence-corrected chi connectivity index (χ2v) is 7.68. The van der Waals surface area contributed by atoms with Crippen LogP contribution < -0.4 is 10.0 Å². The maximum Gasteiger partial charge on any atom is 0.263 e. The van der Waals surface area contributed by atoms with Crippen LogP contribution in [0.5, 0.6) is 0 Å². The molecule has 0 spiro atoms. The summed E-state index contributed by atoms with van der Waals surface area (Å²) in [5, 5.41) is 11.2. The number of rotatable bonds is 6. The summed E-state index contributed by atoms with van der Waals surface area (Å²) < 4.78 is 27.3. The maximum atomic E-state index is 12.4. The third-order valence-corrected chi connectivity index (χ3v) is 5.22. The Balaban J connectivity index is 1.70. The Morgan fingerprint density at radius 3 is 2.23 bits per heavy atom. The highest BCUT2D eigenvalue weighted by Crippen LogP contribution is 2.19. The average molecular weight is 368 g/mol. The summed E-state index contributed by atoms with van der Waals surface area (Å²) in [4.78, 5) is 0.194. The summed E-state index contributed by atoms with van der Waals surface area (Å²) >= 11 is 0. The molecule has 1 heterocycles. The highest BCUT2D eigenvalue weighted by atomic mass is 32.2. The van der Waals surface area contributed by atoms with Crippen molar-refractivity contribution in [1.29, 1.82) is 0 Å². The van der Waals surface area contributed by atoms with E-state index in [4.69, 9.17) is 0 Å². The van der Waals surface area contributed by atoms with Gasteiger partial charge in [0, 0.05) is 6.04 Å². The van der Waals surface area contributed by atoms with E-state index in [9.17, 15) is 8.42 Å². The summed E-state index contributed by atoms with van der Waals surface area (Å²) in [5.74, 6) is 0.740. The summed E-state index contributed by atoms with van der Waals surface area (Å²) in [6.07, 6.45) is 0. The van der Waals surface area contributed by atoms with Gasteiger partial charge >= 0.3 is 0 Å². The molecule has 2 aromatic carbocycles. The molecule has 0 bridgehead atoms. The second-order valence-electron chi connectivity index (χ2n) is 6.00. The van der Waals surface area contributed by atoms with Crippen molar-refractivity contribution in [2.45, 2.75) is 24.8 Å². The van der Waals surface area contributed by atoms with Crippen LogP contribution in [0.1, 0.15) is 24.1 Å². The molecule has 0 aliphatic carbocycles. The lowest BCUT2D eigenvalue weighted by molar-refractivity contribution is 0.601. The molecule has 0 amide bonds. The summed E-state index contributed by atoms with van der Waals surface area (Å²) in [5.41, 5.74) is 1.99. The Morgan fingerprint density at radius 2 is 1.58 bits per heavy atom. The quantitative estimate of drug-likeness (QED) is 0.692. The summed E-state index contributed by atoms with van der Waals surface area (Å²) in [6, 6.07) is 20.0. The van der Waals surface area contributed by atoms with Crippen molar-refractivity contribution >= 4 is 21.7 Å². The standard InChI is InChI=1S/C19H20N4O2S/c1-14-7-6-10-17(13-14)26(24,25)23-19-12-11-18(21-22-19)20-15(2)16-8-4-3-5-9-16/h3-13,15H,1-2H3,(H,20,21)(H,22,23). The number of hydrogen-bond donors (Lipinski definition) is 2. The van der Waals surface area contributed by atoms with Crippen LogP contribution in [-0.4, -0.2) is 18.6 Å². The van der Waals surface area contributed by atoms with E-state index < -0.39 is 10.0 Å². The van der Waals surface area contributed by atoms with Crippen LogP contribution in [0.25, 0.3) is 0 Å². The Bertz CT molecular complexity index is 974. The van der Waals surface area contributed by atoms with Gasteiger partial charge in [0.15, 0.2) is 5.82 Å². The molecule has 0 fully saturated rings. The van der Waals surface area contributed by atoms with Crippen LogP contribution in [0.2, 0.25) is 0 Å². The van der Waals surface area contributed by atoms with Gasteiger partial charge in [-0.1, -0.05) is 42.5 Å². The van der Waals surface area contributed by atoms with E-state index in [2.05, 4.69) is 20.2 Å². The lowest BCUT2D eigenvalue weighted by Gasteiger charge is -2.14. The molecule has 26 heavy (non-hydrogen) atoms. The van der Waals surface area contributed by atoms with Crippen LogP contribution in [-0.2, 0) is 10.0 Å². The fourth-order valence-corrected chi connectivity index (χ4v) is 3.59. The van der Waals surface area contributed by atoms with Gasteiger partial charge in [0.1, 0.15) is 5.82 Å². The highest BCUT2D eigenvalue weighted by Gasteiger charge is 2.15.